The molecule has 6 nitrogen and oxygen atoms in total. The van der Waals surface area contributed by atoms with E-state index in [4.69, 9.17) is 23.1 Å². The van der Waals surface area contributed by atoms with Crippen LogP contribution < -0.4 is 16.8 Å². The Morgan fingerprint density at radius 1 is 1.33 bits per heavy atom. The summed E-state index contributed by atoms with van der Waals surface area (Å²) in [5.74, 6) is -0.524. The first-order chi connectivity index (χ1) is 9.95. The highest BCUT2D eigenvalue weighted by Crippen LogP contribution is 2.19. The van der Waals surface area contributed by atoms with E-state index in [-0.39, 0.29) is 24.4 Å². The second-order valence-electron chi connectivity index (χ2n) is 5.22. The van der Waals surface area contributed by atoms with Crippen LogP contribution in [0.15, 0.2) is 18.2 Å². The highest BCUT2D eigenvalue weighted by atomic mass is 35.5. The number of nitrogens with one attached hydrogen (secondary N) is 1. The minimum absolute atomic E-state index is 0.0803. The van der Waals surface area contributed by atoms with Gasteiger partial charge < -0.3 is 16.8 Å². The lowest BCUT2D eigenvalue weighted by Gasteiger charge is -2.31. The van der Waals surface area contributed by atoms with Crippen LogP contribution >= 0.6 is 11.6 Å². The normalized spacial score (nSPS) is 16.6. The fourth-order valence-corrected chi connectivity index (χ4v) is 2.64. The van der Waals surface area contributed by atoms with Crippen LogP contribution in [0, 0.1) is 0 Å². The third kappa shape index (κ3) is 4.34. The average Bonchev–Trinajstić information content (AvgIpc) is 2.40. The topological polar surface area (TPSA) is 101 Å². The number of nitrogens with zero attached hydrogens (tertiary/aromatic N) is 1. The van der Waals surface area contributed by atoms with Crippen molar-refractivity contribution in [2.75, 3.05) is 25.4 Å². The molecule has 114 valence electrons. The molecule has 7 heteroatoms. The fraction of sp³-hybridized carbons (Fsp3) is 0.429. The average molecular weight is 311 g/mol. The van der Waals surface area contributed by atoms with Gasteiger partial charge in [-0.2, -0.15) is 0 Å². The maximum atomic E-state index is 12.2. The van der Waals surface area contributed by atoms with Gasteiger partial charge in [0.1, 0.15) is 0 Å². The van der Waals surface area contributed by atoms with Gasteiger partial charge >= 0.3 is 0 Å². The minimum atomic E-state index is -0.327. The predicted molar refractivity (Wildman–Crippen MR) is 82.0 cm³/mol. The van der Waals surface area contributed by atoms with Crippen LogP contribution in [-0.4, -0.2) is 42.4 Å². The molecule has 0 atom stereocenters. The molecule has 0 aromatic heterocycles. The number of primary amides is 1. The van der Waals surface area contributed by atoms with Crippen molar-refractivity contribution in [3.8, 4) is 0 Å². The van der Waals surface area contributed by atoms with Crippen molar-refractivity contribution in [1.29, 1.82) is 0 Å². The second-order valence-corrected chi connectivity index (χ2v) is 5.66. The maximum absolute atomic E-state index is 12.2. The Kier molecular flexibility index (Phi) is 5.03. The third-order valence-electron chi connectivity index (χ3n) is 3.56. The lowest BCUT2D eigenvalue weighted by Crippen LogP contribution is -2.46. The van der Waals surface area contributed by atoms with Gasteiger partial charge in [-0.15, -0.1) is 0 Å². The molecule has 0 radical (unpaired) electrons. The zero-order valence-corrected chi connectivity index (χ0v) is 12.4. The first-order valence-corrected chi connectivity index (χ1v) is 7.20. The molecule has 0 spiro atoms. The van der Waals surface area contributed by atoms with Crippen LogP contribution in [0.2, 0.25) is 5.02 Å². The van der Waals surface area contributed by atoms with Crippen LogP contribution in [0.3, 0.4) is 0 Å². The second kappa shape index (κ2) is 6.78. The van der Waals surface area contributed by atoms with E-state index in [0.717, 1.165) is 25.9 Å². The van der Waals surface area contributed by atoms with Gasteiger partial charge in [0.05, 0.1) is 12.1 Å². The van der Waals surface area contributed by atoms with E-state index in [2.05, 4.69) is 5.32 Å². The first kappa shape index (κ1) is 15.6. The van der Waals surface area contributed by atoms with Crippen molar-refractivity contribution < 1.29 is 9.59 Å². The van der Waals surface area contributed by atoms with Crippen LogP contribution in [0.1, 0.15) is 23.2 Å². The molecule has 0 bridgehead atoms. The van der Waals surface area contributed by atoms with Gasteiger partial charge in [0.15, 0.2) is 0 Å². The van der Waals surface area contributed by atoms with Crippen molar-refractivity contribution >= 4 is 29.1 Å². The van der Waals surface area contributed by atoms with Crippen LogP contribution in [0.4, 0.5) is 5.69 Å². The van der Waals surface area contributed by atoms with Gasteiger partial charge in [-0.05, 0) is 31.0 Å². The quantitative estimate of drug-likeness (QED) is 0.709. The SMILES string of the molecule is NC(=O)CN1CCC(NC(=O)c2ccc(Cl)cc2N)CC1. The Morgan fingerprint density at radius 2 is 2.00 bits per heavy atom. The minimum Gasteiger partial charge on any atom is -0.398 e. The Hall–Kier alpha value is -1.79. The number of nitrogen functional groups attached to an aromatic ring is 1. The number of halogens is 1. The standard InChI is InChI=1S/C14H19ClN4O2/c15-9-1-2-11(12(16)7-9)14(21)18-10-3-5-19(6-4-10)8-13(17)20/h1-2,7,10H,3-6,8,16H2,(H2,17,20)(H,18,21). The number of hydrogen-bond acceptors (Lipinski definition) is 4. The molecule has 0 aliphatic carbocycles. The third-order valence-corrected chi connectivity index (χ3v) is 3.80. The Morgan fingerprint density at radius 3 is 2.57 bits per heavy atom. The smallest absolute Gasteiger partial charge is 0.253 e. The highest BCUT2D eigenvalue weighted by Gasteiger charge is 2.22. The summed E-state index contributed by atoms with van der Waals surface area (Å²) in [6.07, 6.45) is 1.57. The molecule has 21 heavy (non-hydrogen) atoms. The molecule has 2 amide bonds. The molecule has 1 aromatic carbocycles. The summed E-state index contributed by atoms with van der Waals surface area (Å²) in [4.78, 5) is 25.0. The number of likely N-dealkylation sites (tertiary alicyclic amines) is 1. The van der Waals surface area contributed by atoms with Crippen molar-refractivity contribution in [3.05, 3.63) is 28.8 Å². The Labute approximate surface area is 128 Å². The van der Waals surface area contributed by atoms with E-state index in [1.807, 2.05) is 4.90 Å². The molecule has 1 saturated heterocycles. The molecular weight excluding hydrogens is 292 g/mol. The Bertz CT molecular complexity index is 542. The van der Waals surface area contributed by atoms with Gasteiger partial charge in [0.2, 0.25) is 5.91 Å². The van der Waals surface area contributed by atoms with Crippen LogP contribution in [-0.2, 0) is 4.79 Å². The van der Waals surface area contributed by atoms with Gasteiger partial charge in [0, 0.05) is 29.8 Å². The van der Waals surface area contributed by atoms with E-state index in [1.165, 1.54) is 0 Å². The number of benzene rings is 1. The van der Waals surface area contributed by atoms with Crippen molar-refractivity contribution in [2.24, 2.45) is 5.73 Å². The zero-order valence-electron chi connectivity index (χ0n) is 11.6. The molecule has 1 aromatic rings. The van der Waals surface area contributed by atoms with Crippen molar-refractivity contribution in [1.82, 2.24) is 10.2 Å². The Balaban J connectivity index is 1.88. The summed E-state index contributed by atoms with van der Waals surface area (Å²) in [5, 5.41) is 3.47. The maximum Gasteiger partial charge on any atom is 0.253 e. The van der Waals surface area contributed by atoms with Gasteiger partial charge in [0.25, 0.3) is 5.91 Å². The number of anilines is 1. The number of amides is 2. The number of rotatable bonds is 4. The number of hydrogen-bond donors (Lipinski definition) is 3. The lowest BCUT2D eigenvalue weighted by atomic mass is 10.0. The van der Waals surface area contributed by atoms with Gasteiger partial charge in [-0.1, -0.05) is 11.6 Å². The summed E-state index contributed by atoms with van der Waals surface area (Å²) in [6.45, 7) is 1.75. The summed E-state index contributed by atoms with van der Waals surface area (Å²) >= 11 is 5.82. The van der Waals surface area contributed by atoms with Crippen molar-refractivity contribution in [3.63, 3.8) is 0 Å². The van der Waals surface area contributed by atoms with E-state index in [9.17, 15) is 9.59 Å². The number of carbonyl (C=O) groups is 2. The van der Waals surface area contributed by atoms with Crippen molar-refractivity contribution in [2.45, 2.75) is 18.9 Å². The summed E-state index contributed by atoms with van der Waals surface area (Å²) < 4.78 is 0. The van der Waals surface area contributed by atoms with Gasteiger partial charge in [-0.25, -0.2) is 0 Å². The monoisotopic (exact) mass is 310 g/mol. The largest absolute Gasteiger partial charge is 0.398 e. The van der Waals surface area contributed by atoms with Crippen LogP contribution in [0.5, 0.6) is 0 Å². The molecule has 2 rings (SSSR count). The highest BCUT2D eigenvalue weighted by molar-refractivity contribution is 6.31. The van der Waals surface area contributed by atoms with E-state index < -0.39 is 0 Å². The number of piperidine rings is 1. The van der Waals surface area contributed by atoms with E-state index in [1.54, 1.807) is 18.2 Å². The molecular formula is C14H19ClN4O2. The molecule has 0 unspecified atom stereocenters. The molecule has 0 saturated carbocycles. The lowest BCUT2D eigenvalue weighted by molar-refractivity contribution is -0.119. The summed E-state index contributed by atoms with van der Waals surface area (Å²) in [7, 11) is 0. The summed E-state index contributed by atoms with van der Waals surface area (Å²) in [5.41, 5.74) is 11.8. The molecule has 1 heterocycles. The fourth-order valence-electron chi connectivity index (χ4n) is 2.46. The van der Waals surface area contributed by atoms with Gasteiger partial charge in [-0.3, -0.25) is 14.5 Å². The first-order valence-electron chi connectivity index (χ1n) is 6.82. The van der Waals surface area contributed by atoms with E-state index >= 15 is 0 Å². The van der Waals surface area contributed by atoms with Crippen LogP contribution in [0.25, 0.3) is 0 Å². The number of nitrogens with two attached hydrogens (primary N) is 2. The predicted octanol–water partition coefficient (Wildman–Crippen LogP) is 0.602. The summed E-state index contributed by atoms with van der Waals surface area (Å²) in [6, 6.07) is 4.90. The molecule has 1 aliphatic heterocycles. The number of carbonyl (C=O) groups excluding carboxylic acids is 2. The molecule has 5 N–H and O–H groups in total. The zero-order chi connectivity index (χ0) is 15.4. The molecule has 1 fully saturated rings. The van der Waals surface area contributed by atoms with E-state index in [0.29, 0.717) is 16.3 Å². The molecule has 1 aliphatic rings.